The highest BCUT2D eigenvalue weighted by molar-refractivity contribution is 5.54. The van der Waals surface area contributed by atoms with E-state index in [2.05, 4.69) is 29.0 Å². The van der Waals surface area contributed by atoms with E-state index in [1.807, 2.05) is 37.2 Å². The van der Waals surface area contributed by atoms with Gasteiger partial charge in [-0.15, -0.1) is 0 Å². The van der Waals surface area contributed by atoms with E-state index in [0.717, 1.165) is 54.9 Å². The predicted octanol–water partition coefficient (Wildman–Crippen LogP) is 3.16. The van der Waals surface area contributed by atoms with Gasteiger partial charge in [-0.2, -0.15) is 15.0 Å². The Bertz CT molecular complexity index is 778. The molecule has 1 aromatic carbocycles. The third-order valence-electron chi connectivity index (χ3n) is 4.97. The van der Waals surface area contributed by atoms with Crippen LogP contribution in [0, 0.1) is 0 Å². The number of ether oxygens (including phenoxy) is 2. The van der Waals surface area contributed by atoms with Gasteiger partial charge in [-0.1, -0.05) is 13.8 Å². The third kappa shape index (κ3) is 5.19. The average molecular weight is 401 g/mol. The second-order valence-electron chi connectivity index (χ2n) is 7.87. The lowest BCUT2D eigenvalue weighted by molar-refractivity contribution is 0.394. The fraction of sp³-hybridized carbons (Fsp3) is 0.571. The first-order chi connectivity index (χ1) is 13.9. The van der Waals surface area contributed by atoms with E-state index in [-0.39, 0.29) is 12.0 Å². The van der Waals surface area contributed by atoms with Crippen molar-refractivity contribution < 1.29 is 9.47 Å². The molecule has 0 spiro atoms. The van der Waals surface area contributed by atoms with Crippen LogP contribution < -0.4 is 24.6 Å². The number of hydrogen-bond donors (Lipinski definition) is 1. The molecule has 29 heavy (non-hydrogen) atoms. The lowest BCUT2D eigenvalue weighted by Crippen LogP contribution is -2.43. The van der Waals surface area contributed by atoms with Crippen LogP contribution in [0.15, 0.2) is 18.2 Å². The van der Waals surface area contributed by atoms with Crippen LogP contribution in [-0.4, -0.2) is 62.4 Å². The van der Waals surface area contributed by atoms with Crippen molar-refractivity contribution in [1.82, 2.24) is 15.0 Å². The zero-order valence-corrected chi connectivity index (χ0v) is 18.3. The molecule has 158 valence electrons. The van der Waals surface area contributed by atoms with Gasteiger partial charge in [0.25, 0.3) is 0 Å². The largest absolute Gasteiger partial charge is 0.497 e. The summed E-state index contributed by atoms with van der Waals surface area (Å²) in [6.45, 7) is 5.98. The summed E-state index contributed by atoms with van der Waals surface area (Å²) in [5, 5.41) is 3.62. The molecule has 1 saturated heterocycles. The van der Waals surface area contributed by atoms with Gasteiger partial charge in [-0.3, -0.25) is 0 Å². The quantitative estimate of drug-likeness (QED) is 0.760. The molecule has 2 aromatic rings. The Morgan fingerprint density at radius 2 is 1.76 bits per heavy atom. The summed E-state index contributed by atoms with van der Waals surface area (Å²) in [6.07, 6.45) is 2.15. The van der Waals surface area contributed by atoms with Crippen LogP contribution in [0.4, 0.5) is 17.6 Å². The maximum Gasteiger partial charge on any atom is 0.230 e. The van der Waals surface area contributed by atoms with Crippen molar-refractivity contribution in [3.8, 4) is 11.5 Å². The maximum atomic E-state index is 5.39. The molecule has 3 rings (SSSR count). The molecule has 1 unspecified atom stereocenters. The van der Waals surface area contributed by atoms with Crippen LogP contribution in [0.2, 0.25) is 0 Å². The molecular weight excluding hydrogens is 368 g/mol. The van der Waals surface area contributed by atoms with Crippen molar-refractivity contribution in [2.24, 2.45) is 0 Å². The highest BCUT2D eigenvalue weighted by atomic mass is 16.5. The number of hydrogen-bond acceptors (Lipinski definition) is 8. The number of nitrogens with zero attached hydrogens (tertiary/aromatic N) is 5. The number of methoxy groups -OCH3 is 2. The summed E-state index contributed by atoms with van der Waals surface area (Å²) in [5.74, 6) is 4.07. The van der Waals surface area contributed by atoms with Gasteiger partial charge in [0.2, 0.25) is 11.9 Å². The Kier molecular flexibility index (Phi) is 6.61. The minimum absolute atomic E-state index is 0.249. The first-order valence-electron chi connectivity index (χ1n) is 10.1. The smallest absolute Gasteiger partial charge is 0.230 e. The van der Waals surface area contributed by atoms with Crippen LogP contribution in [0.5, 0.6) is 11.5 Å². The standard InChI is InChI=1S/C21H32N6O2/c1-14(2)19-23-20(26(3)4)25-21(24-19)27-9-7-8-15(13-27)22-16-10-17(28-5)12-18(11-16)29-6/h10-12,14-15,22H,7-9,13H2,1-6H3. The van der Waals surface area contributed by atoms with Gasteiger partial charge in [0, 0.05) is 63.0 Å². The lowest BCUT2D eigenvalue weighted by atomic mass is 10.1. The normalized spacial score (nSPS) is 16.7. The Labute approximate surface area is 173 Å². The maximum absolute atomic E-state index is 5.39. The number of aromatic nitrogens is 3. The molecule has 1 N–H and O–H groups in total. The zero-order chi connectivity index (χ0) is 21.0. The summed E-state index contributed by atoms with van der Waals surface area (Å²) >= 11 is 0. The summed E-state index contributed by atoms with van der Waals surface area (Å²) in [5.41, 5.74) is 0.987. The van der Waals surface area contributed by atoms with Crippen LogP contribution >= 0.6 is 0 Å². The van der Waals surface area contributed by atoms with E-state index < -0.39 is 0 Å². The summed E-state index contributed by atoms with van der Waals surface area (Å²) < 4.78 is 10.8. The van der Waals surface area contributed by atoms with Crippen LogP contribution in [0.25, 0.3) is 0 Å². The van der Waals surface area contributed by atoms with E-state index >= 15 is 0 Å². The topological polar surface area (TPSA) is 75.6 Å². The molecule has 8 nitrogen and oxygen atoms in total. The van der Waals surface area contributed by atoms with Crippen molar-refractivity contribution in [1.29, 1.82) is 0 Å². The molecule has 1 aliphatic rings. The van der Waals surface area contributed by atoms with Crippen molar-refractivity contribution >= 4 is 17.6 Å². The molecular formula is C21H32N6O2. The molecule has 2 heterocycles. The first kappa shape index (κ1) is 21.0. The fourth-order valence-corrected chi connectivity index (χ4v) is 3.37. The van der Waals surface area contributed by atoms with Gasteiger partial charge >= 0.3 is 0 Å². The predicted molar refractivity (Wildman–Crippen MR) is 117 cm³/mol. The van der Waals surface area contributed by atoms with Crippen LogP contribution in [-0.2, 0) is 0 Å². The van der Waals surface area contributed by atoms with E-state index in [1.54, 1.807) is 14.2 Å². The summed E-state index contributed by atoms with van der Waals surface area (Å²) in [6, 6.07) is 6.14. The number of rotatable bonds is 7. The van der Waals surface area contributed by atoms with Gasteiger partial charge in [0.05, 0.1) is 14.2 Å². The minimum atomic E-state index is 0.249. The third-order valence-corrected chi connectivity index (χ3v) is 4.97. The summed E-state index contributed by atoms with van der Waals surface area (Å²) in [7, 11) is 7.24. The van der Waals surface area contributed by atoms with E-state index in [9.17, 15) is 0 Å². The number of piperidine rings is 1. The SMILES string of the molecule is COc1cc(NC2CCCN(c3nc(C(C)C)nc(N(C)C)n3)C2)cc(OC)c1. The number of nitrogens with one attached hydrogen (secondary N) is 1. The molecule has 0 radical (unpaired) electrons. The van der Waals surface area contributed by atoms with E-state index in [4.69, 9.17) is 19.4 Å². The molecule has 1 aromatic heterocycles. The lowest BCUT2D eigenvalue weighted by Gasteiger charge is -2.34. The zero-order valence-electron chi connectivity index (χ0n) is 18.3. The van der Waals surface area contributed by atoms with Gasteiger partial charge in [0.15, 0.2) is 0 Å². The van der Waals surface area contributed by atoms with E-state index in [1.165, 1.54) is 0 Å². The van der Waals surface area contributed by atoms with Gasteiger partial charge in [0.1, 0.15) is 17.3 Å². The number of anilines is 3. The fourth-order valence-electron chi connectivity index (χ4n) is 3.37. The Morgan fingerprint density at radius 1 is 1.07 bits per heavy atom. The molecule has 8 heteroatoms. The van der Waals surface area contributed by atoms with Crippen molar-refractivity contribution in [2.75, 3.05) is 56.5 Å². The highest BCUT2D eigenvalue weighted by Crippen LogP contribution is 2.28. The molecule has 0 saturated carbocycles. The molecule has 0 amide bonds. The Balaban J connectivity index is 1.79. The first-order valence-corrected chi connectivity index (χ1v) is 10.1. The molecule has 1 aliphatic heterocycles. The van der Waals surface area contributed by atoms with Crippen LogP contribution in [0.1, 0.15) is 38.4 Å². The molecule has 1 fully saturated rings. The minimum Gasteiger partial charge on any atom is -0.497 e. The molecule has 1 atom stereocenters. The van der Waals surface area contributed by atoms with Gasteiger partial charge in [-0.05, 0) is 12.8 Å². The number of benzene rings is 1. The van der Waals surface area contributed by atoms with Crippen LogP contribution in [0.3, 0.4) is 0 Å². The van der Waals surface area contributed by atoms with Gasteiger partial charge < -0.3 is 24.6 Å². The van der Waals surface area contributed by atoms with Crippen molar-refractivity contribution in [3.05, 3.63) is 24.0 Å². The van der Waals surface area contributed by atoms with Gasteiger partial charge in [-0.25, -0.2) is 0 Å². The molecule has 0 aliphatic carbocycles. The highest BCUT2D eigenvalue weighted by Gasteiger charge is 2.24. The monoisotopic (exact) mass is 400 g/mol. The summed E-state index contributed by atoms with van der Waals surface area (Å²) in [4.78, 5) is 18.2. The molecule has 0 bridgehead atoms. The van der Waals surface area contributed by atoms with E-state index in [0.29, 0.717) is 5.95 Å². The Hall–Kier alpha value is -2.77. The van der Waals surface area contributed by atoms with Crippen molar-refractivity contribution in [3.63, 3.8) is 0 Å². The van der Waals surface area contributed by atoms with Crippen molar-refractivity contribution in [2.45, 2.75) is 38.6 Å². The average Bonchev–Trinajstić information content (AvgIpc) is 2.73. The Morgan fingerprint density at radius 3 is 2.34 bits per heavy atom. The second kappa shape index (κ2) is 9.15. The second-order valence-corrected chi connectivity index (χ2v) is 7.87.